The van der Waals surface area contributed by atoms with Gasteiger partial charge in [0.05, 0.1) is 18.1 Å². The normalized spacial score (nSPS) is 12.9. The van der Waals surface area contributed by atoms with E-state index in [1.165, 1.54) is 11.1 Å². The molecule has 0 spiro atoms. The Hall–Kier alpha value is -1.61. The summed E-state index contributed by atoms with van der Waals surface area (Å²) >= 11 is 0. The average Bonchev–Trinajstić information content (AvgIpc) is 2.76. The molecule has 2 N–H and O–H groups in total. The molecular weight excluding hydrogens is 222 g/mol. The molecule has 2 aromatic rings. The molecule has 0 amide bonds. The number of hydrogen-bond donors (Lipinski definition) is 1. The molecule has 3 heteroatoms. The molecule has 0 fully saturated rings. The largest absolute Gasteiger partial charge is 0.340 e. The Kier molecular flexibility index (Phi) is 3.82. The first-order chi connectivity index (χ1) is 8.56. The van der Waals surface area contributed by atoms with Crippen LogP contribution < -0.4 is 5.73 Å². The lowest BCUT2D eigenvalue weighted by Gasteiger charge is -2.10. The van der Waals surface area contributed by atoms with E-state index >= 15 is 0 Å². The van der Waals surface area contributed by atoms with Gasteiger partial charge in [-0.3, -0.25) is 0 Å². The molecule has 0 aliphatic heterocycles. The third-order valence-corrected chi connectivity index (χ3v) is 3.21. The summed E-state index contributed by atoms with van der Waals surface area (Å²) < 4.78 is 1.93. The van der Waals surface area contributed by atoms with Crippen LogP contribution >= 0.6 is 0 Å². The van der Waals surface area contributed by atoms with Crippen LogP contribution in [0.2, 0.25) is 0 Å². The molecule has 1 atom stereocenters. The molecule has 18 heavy (non-hydrogen) atoms. The third kappa shape index (κ3) is 2.99. The van der Waals surface area contributed by atoms with Gasteiger partial charge in [-0.2, -0.15) is 0 Å². The molecule has 2 rings (SSSR count). The van der Waals surface area contributed by atoms with E-state index in [4.69, 9.17) is 5.73 Å². The number of imidazole rings is 1. The summed E-state index contributed by atoms with van der Waals surface area (Å²) in [6, 6.07) is 8.67. The minimum atomic E-state index is -0.0314. The number of hydrogen-bond acceptors (Lipinski definition) is 2. The van der Waals surface area contributed by atoms with Gasteiger partial charge in [0.25, 0.3) is 0 Å². The minimum absolute atomic E-state index is 0.0314. The molecule has 0 radical (unpaired) electrons. The number of aryl methyl sites for hydroxylation is 1. The van der Waals surface area contributed by atoms with Crippen molar-refractivity contribution in [1.29, 1.82) is 0 Å². The Balaban J connectivity index is 2.05. The summed E-state index contributed by atoms with van der Waals surface area (Å²) in [5, 5.41) is 0. The Bertz CT molecular complexity index is 497. The fourth-order valence-corrected chi connectivity index (χ4v) is 2.02. The van der Waals surface area contributed by atoms with Crippen molar-refractivity contribution in [2.45, 2.75) is 32.2 Å². The smallest absolute Gasteiger partial charge is 0.0947 e. The highest BCUT2D eigenvalue weighted by molar-refractivity contribution is 5.26. The van der Waals surface area contributed by atoms with Crippen LogP contribution in [0, 0.1) is 0 Å². The number of aromatic nitrogens is 2. The van der Waals surface area contributed by atoms with Crippen molar-refractivity contribution in [2.75, 3.05) is 0 Å². The highest BCUT2D eigenvalue weighted by Gasteiger charge is 2.10. The van der Waals surface area contributed by atoms with E-state index in [0.717, 1.165) is 12.1 Å². The van der Waals surface area contributed by atoms with Crippen molar-refractivity contribution in [2.24, 2.45) is 12.8 Å². The molecule has 1 unspecified atom stereocenters. The summed E-state index contributed by atoms with van der Waals surface area (Å²) in [5.41, 5.74) is 9.74. The van der Waals surface area contributed by atoms with E-state index in [1.54, 1.807) is 6.33 Å². The zero-order valence-electron chi connectivity index (χ0n) is 11.3. The van der Waals surface area contributed by atoms with E-state index in [0.29, 0.717) is 5.92 Å². The fourth-order valence-electron chi connectivity index (χ4n) is 2.02. The Morgan fingerprint density at radius 3 is 2.39 bits per heavy atom. The second kappa shape index (κ2) is 5.36. The van der Waals surface area contributed by atoms with Crippen LogP contribution in [-0.4, -0.2) is 9.55 Å². The van der Waals surface area contributed by atoms with Crippen LogP contribution in [-0.2, 0) is 13.5 Å². The molecular formula is C15H21N3. The molecule has 0 bridgehead atoms. The predicted molar refractivity (Wildman–Crippen MR) is 74.4 cm³/mol. The van der Waals surface area contributed by atoms with Crippen molar-refractivity contribution in [3.05, 3.63) is 53.6 Å². The zero-order chi connectivity index (χ0) is 13.1. The van der Waals surface area contributed by atoms with Gasteiger partial charge in [0.1, 0.15) is 0 Å². The van der Waals surface area contributed by atoms with Crippen LogP contribution in [0.3, 0.4) is 0 Å². The van der Waals surface area contributed by atoms with Crippen molar-refractivity contribution >= 4 is 0 Å². The predicted octanol–water partition coefficient (Wildman–Crippen LogP) is 2.79. The van der Waals surface area contributed by atoms with E-state index in [9.17, 15) is 0 Å². The lowest BCUT2D eigenvalue weighted by Crippen LogP contribution is -2.13. The first-order valence-electron chi connectivity index (χ1n) is 6.38. The standard InChI is InChI=1S/C15H21N3/c1-11(2)13-6-4-12(5-7-13)8-14(16)15-9-18(3)10-17-15/h4-7,9-11,14H,8,16H2,1-3H3. The van der Waals surface area contributed by atoms with Crippen molar-refractivity contribution in [3.63, 3.8) is 0 Å². The SMILES string of the molecule is CC(C)c1ccc(CC(N)c2cn(C)cn2)cc1. The number of nitrogens with zero attached hydrogens (tertiary/aromatic N) is 2. The fraction of sp³-hybridized carbons (Fsp3) is 0.400. The van der Waals surface area contributed by atoms with Gasteiger partial charge >= 0.3 is 0 Å². The van der Waals surface area contributed by atoms with E-state index in [1.807, 2.05) is 17.8 Å². The summed E-state index contributed by atoms with van der Waals surface area (Å²) in [6.45, 7) is 4.41. The topological polar surface area (TPSA) is 43.8 Å². The Morgan fingerprint density at radius 2 is 1.89 bits per heavy atom. The molecule has 0 saturated heterocycles. The maximum atomic E-state index is 6.16. The minimum Gasteiger partial charge on any atom is -0.340 e. The molecule has 0 aliphatic carbocycles. The maximum Gasteiger partial charge on any atom is 0.0947 e. The Morgan fingerprint density at radius 1 is 1.22 bits per heavy atom. The van der Waals surface area contributed by atoms with Crippen LogP contribution in [0.15, 0.2) is 36.8 Å². The van der Waals surface area contributed by atoms with Gasteiger partial charge < -0.3 is 10.3 Å². The highest BCUT2D eigenvalue weighted by atomic mass is 15.0. The van der Waals surface area contributed by atoms with Crippen LogP contribution in [0.4, 0.5) is 0 Å². The van der Waals surface area contributed by atoms with E-state index in [-0.39, 0.29) is 6.04 Å². The molecule has 0 aliphatic rings. The van der Waals surface area contributed by atoms with Crippen molar-refractivity contribution < 1.29 is 0 Å². The second-order valence-corrected chi connectivity index (χ2v) is 5.17. The first-order valence-corrected chi connectivity index (χ1v) is 6.38. The summed E-state index contributed by atoms with van der Waals surface area (Å²) in [6.07, 6.45) is 4.60. The van der Waals surface area contributed by atoms with Crippen LogP contribution in [0.5, 0.6) is 0 Å². The first kappa shape index (κ1) is 12.8. The van der Waals surface area contributed by atoms with Gasteiger partial charge in [-0.1, -0.05) is 38.1 Å². The zero-order valence-corrected chi connectivity index (χ0v) is 11.3. The lowest BCUT2D eigenvalue weighted by molar-refractivity contribution is 0.699. The van der Waals surface area contributed by atoms with Gasteiger partial charge in [-0.15, -0.1) is 0 Å². The van der Waals surface area contributed by atoms with Crippen molar-refractivity contribution in [1.82, 2.24) is 9.55 Å². The Labute approximate surface area is 109 Å². The molecule has 3 nitrogen and oxygen atoms in total. The van der Waals surface area contributed by atoms with Gasteiger partial charge in [0.15, 0.2) is 0 Å². The number of benzene rings is 1. The monoisotopic (exact) mass is 243 g/mol. The van der Waals surface area contributed by atoms with Gasteiger partial charge in [-0.05, 0) is 23.5 Å². The number of nitrogens with two attached hydrogens (primary N) is 1. The van der Waals surface area contributed by atoms with Crippen molar-refractivity contribution in [3.8, 4) is 0 Å². The van der Waals surface area contributed by atoms with Crippen LogP contribution in [0.1, 0.15) is 42.6 Å². The summed E-state index contributed by atoms with van der Waals surface area (Å²) in [4.78, 5) is 4.30. The summed E-state index contributed by atoms with van der Waals surface area (Å²) in [7, 11) is 1.96. The van der Waals surface area contributed by atoms with Gasteiger partial charge in [-0.25, -0.2) is 4.98 Å². The molecule has 0 saturated carbocycles. The van der Waals surface area contributed by atoms with Gasteiger partial charge in [0.2, 0.25) is 0 Å². The lowest BCUT2D eigenvalue weighted by atomic mass is 9.98. The second-order valence-electron chi connectivity index (χ2n) is 5.17. The highest BCUT2D eigenvalue weighted by Crippen LogP contribution is 2.18. The number of rotatable bonds is 4. The molecule has 1 aromatic carbocycles. The van der Waals surface area contributed by atoms with Gasteiger partial charge in [0, 0.05) is 13.2 Å². The molecule has 1 heterocycles. The van der Waals surface area contributed by atoms with E-state index < -0.39 is 0 Å². The van der Waals surface area contributed by atoms with Crippen LogP contribution in [0.25, 0.3) is 0 Å². The van der Waals surface area contributed by atoms with E-state index in [2.05, 4.69) is 43.1 Å². The quantitative estimate of drug-likeness (QED) is 0.897. The maximum absolute atomic E-state index is 6.16. The third-order valence-electron chi connectivity index (χ3n) is 3.21. The molecule has 1 aromatic heterocycles. The summed E-state index contributed by atoms with van der Waals surface area (Å²) in [5.74, 6) is 0.573. The average molecular weight is 243 g/mol. The molecule has 96 valence electrons.